The zero-order valence-electron chi connectivity index (χ0n) is 11.6. The summed E-state index contributed by atoms with van der Waals surface area (Å²) in [4.78, 5) is 6.56. The van der Waals surface area contributed by atoms with Crippen molar-refractivity contribution in [2.75, 3.05) is 26.2 Å². The number of likely N-dealkylation sites (N-methyl/N-ethyl adjacent to an activating group) is 1. The van der Waals surface area contributed by atoms with E-state index >= 15 is 0 Å². The Morgan fingerprint density at radius 1 is 1.39 bits per heavy atom. The molecular weight excluding hydrogens is 246 g/mol. The number of nitrogens with zero attached hydrogens (tertiary/aromatic N) is 2. The van der Waals surface area contributed by atoms with E-state index in [-0.39, 0.29) is 12.1 Å². The molecule has 0 saturated heterocycles. The van der Waals surface area contributed by atoms with Crippen LogP contribution in [0, 0.1) is 0 Å². The van der Waals surface area contributed by atoms with Crippen molar-refractivity contribution in [3.63, 3.8) is 0 Å². The van der Waals surface area contributed by atoms with E-state index in [1.54, 1.807) is 11.3 Å². The Morgan fingerprint density at radius 3 is 2.61 bits per heavy atom. The maximum Gasteiger partial charge on any atom is 0.109 e. The second kappa shape index (κ2) is 8.58. The predicted octanol–water partition coefficient (Wildman–Crippen LogP) is 1.89. The number of hydrogen-bond donors (Lipinski definition) is 2. The van der Waals surface area contributed by atoms with Gasteiger partial charge in [0.25, 0.3) is 0 Å². The van der Waals surface area contributed by atoms with Crippen molar-refractivity contribution in [2.24, 2.45) is 0 Å². The first-order chi connectivity index (χ1) is 8.71. The van der Waals surface area contributed by atoms with Crippen LogP contribution in [0.5, 0.6) is 0 Å². The van der Waals surface area contributed by atoms with Crippen molar-refractivity contribution >= 4 is 11.3 Å². The molecule has 18 heavy (non-hydrogen) atoms. The fourth-order valence-corrected chi connectivity index (χ4v) is 2.73. The molecule has 1 heterocycles. The second-order valence-corrected chi connectivity index (χ2v) is 5.31. The smallest absolute Gasteiger partial charge is 0.109 e. The molecule has 0 amide bonds. The number of thiazole rings is 1. The standard InChI is InChI=1S/C13H25N3OS/c1-4-12(13-14-7-8-18-13)15-9-11(17)10-16(5-2)6-3/h7-8,11-12,15,17H,4-6,9-10H2,1-3H3. The fraction of sp³-hybridized carbons (Fsp3) is 0.769. The lowest BCUT2D eigenvalue weighted by atomic mass is 10.2. The van der Waals surface area contributed by atoms with Gasteiger partial charge in [-0.15, -0.1) is 11.3 Å². The van der Waals surface area contributed by atoms with Crippen LogP contribution in [-0.2, 0) is 0 Å². The summed E-state index contributed by atoms with van der Waals surface area (Å²) in [6.45, 7) is 9.69. The van der Waals surface area contributed by atoms with Crippen LogP contribution >= 0.6 is 11.3 Å². The number of aliphatic hydroxyl groups excluding tert-OH is 1. The molecule has 0 spiro atoms. The van der Waals surface area contributed by atoms with Crippen LogP contribution in [0.2, 0.25) is 0 Å². The average Bonchev–Trinajstić information content (AvgIpc) is 2.90. The molecule has 0 aliphatic rings. The Kier molecular flexibility index (Phi) is 7.42. The minimum Gasteiger partial charge on any atom is -0.390 e. The SMILES string of the molecule is CCC(NCC(O)CN(CC)CC)c1nccs1. The van der Waals surface area contributed by atoms with E-state index < -0.39 is 0 Å². The van der Waals surface area contributed by atoms with E-state index in [4.69, 9.17) is 0 Å². The van der Waals surface area contributed by atoms with E-state index in [0.717, 1.165) is 31.1 Å². The van der Waals surface area contributed by atoms with Gasteiger partial charge in [0, 0.05) is 24.7 Å². The van der Waals surface area contributed by atoms with E-state index in [9.17, 15) is 5.11 Å². The topological polar surface area (TPSA) is 48.4 Å². The second-order valence-electron chi connectivity index (χ2n) is 4.38. The maximum atomic E-state index is 10.0. The van der Waals surface area contributed by atoms with Crippen LogP contribution < -0.4 is 5.32 Å². The largest absolute Gasteiger partial charge is 0.390 e. The molecule has 0 bridgehead atoms. The molecule has 2 unspecified atom stereocenters. The van der Waals surface area contributed by atoms with Gasteiger partial charge in [-0.25, -0.2) is 4.98 Å². The molecule has 0 fully saturated rings. The lowest BCUT2D eigenvalue weighted by Gasteiger charge is -2.23. The van der Waals surface area contributed by atoms with Crippen molar-refractivity contribution in [1.82, 2.24) is 15.2 Å². The van der Waals surface area contributed by atoms with E-state index in [1.165, 1.54) is 0 Å². The summed E-state index contributed by atoms with van der Waals surface area (Å²) in [6, 6.07) is 0.261. The highest BCUT2D eigenvalue weighted by Crippen LogP contribution is 2.18. The molecule has 5 heteroatoms. The summed E-state index contributed by atoms with van der Waals surface area (Å²) in [5, 5.41) is 16.5. The first-order valence-electron chi connectivity index (χ1n) is 6.74. The summed E-state index contributed by atoms with van der Waals surface area (Å²) in [5.41, 5.74) is 0. The molecule has 104 valence electrons. The van der Waals surface area contributed by atoms with Crippen LogP contribution in [0.3, 0.4) is 0 Å². The van der Waals surface area contributed by atoms with Gasteiger partial charge >= 0.3 is 0 Å². The summed E-state index contributed by atoms with van der Waals surface area (Å²) in [6.07, 6.45) is 2.50. The van der Waals surface area contributed by atoms with Gasteiger partial charge in [0.1, 0.15) is 5.01 Å². The van der Waals surface area contributed by atoms with E-state index in [2.05, 4.69) is 36.0 Å². The highest BCUT2D eigenvalue weighted by Gasteiger charge is 2.14. The van der Waals surface area contributed by atoms with Gasteiger partial charge < -0.3 is 15.3 Å². The molecule has 0 radical (unpaired) electrons. The Balaban J connectivity index is 2.34. The lowest BCUT2D eigenvalue weighted by molar-refractivity contribution is 0.113. The van der Waals surface area contributed by atoms with Gasteiger partial charge in [-0.1, -0.05) is 20.8 Å². The third-order valence-electron chi connectivity index (χ3n) is 3.12. The highest BCUT2D eigenvalue weighted by atomic mass is 32.1. The fourth-order valence-electron chi connectivity index (χ4n) is 1.94. The van der Waals surface area contributed by atoms with E-state index in [0.29, 0.717) is 6.54 Å². The average molecular weight is 271 g/mol. The molecular formula is C13H25N3OS. The Bertz CT molecular complexity index is 301. The minimum atomic E-state index is -0.320. The third kappa shape index (κ3) is 5.02. The molecule has 0 aliphatic heterocycles. The third-order valence-corrected chi connectivity index (χ3v) is 4.01. The Hall–Kier alpha value is -0.490. The Labute approximate surface area is 114 Å². The molecule has 0 aromatic carbocycles. The van der Waals surface area contributed by atoms with Crippen LogP contribution in [0.1, 0.15) is 38.2 Å². The first-order valence-corrected chi connectivity index (χ1v) is 7.62. The van der Waals surface area contributed by atoms with Gasteiger partial charge in [-0.05, 0) is 19.5 Å². The van der Waals surface area contributed by atoms with E-state index in [1.807, 2.05) is 11.6 Å². The molecule has 1 aromatic heterocycles. The minimum absolute atomic E-state index is 0.261. The van der Waals surface area contributed by atoms with Crippen LogP contribution in [0.15, 0.2) is 11.6 Å². The summed E-state index contributed by atoms with van der Waals surface area (Å²) in [5.74, 6) is 0. The summed E-state index contributed by atoms with van der Waals surface area (Å²) >= 11 is 1.66. The van der Waals surface area contributed by atoms with Crippen LogP contribution in [0.25, 0.3) is 0 Å². The highest BCUT2D eigenvalue weighted by molar-refractivity contribution is 7.09. The summed E-state index contributed by atoms with van der Waals surface area (Å²) < 4.78 is 0. The zero-order valence-corrected chi connectivity index (χ0v) is 12.4. The number of hydrogen-bond acceptors (Lipinski definition) is 5. The maximum absolute atomic E-state index is 10.0. The van der Waals surface area contributed by atoms with Crippen molar-refractivity contribution in [3.05, 3.63) is 16.6 Å². The van der Waals surface area contributed by atoms with Gasteiger partial charge in [-0.2, -0.15) is 0 Å². The molecule has 0 saturated carbocycles. The number of aromatic nitrogens is 1. The lowest BCUT2D eigenvalue weighted by Crippen LogP contribution is -2.39. The van der Waals surface area contributed by atoms with Crippen LogP contribution in [0.4, 0.5) is 0 Å². The molecule has 2 atom stereocenters. The van der Waals surface area contributed by atoms with Crippen molar-refractivity contribution in [3.8, 4) is 0 Å². The van der Waals surface area contributed by atoms with Crippen molar-refractivity contribution in [1.29, 1.82) is 0 Å². The van der Waals surface area contributed by atoms with Crippen molar-refractivity contribution < 1.29 is 5.11 Å². The normalized spacial score (nSPS) is 14.9. The predicted molar refractivity (Wildman–Crippen MR) is 76.9 cm³/mol. The molecule has 0 aliphatic carbocycles. The first kappa shape index (κ1) is 15.6. The number of aliphatic hydroxyl groups is 1. The van der Waals surface area contributed by atoms with Crippen LogP contribution in [-0.4, -0.2) is 47.3 Å². The monoisotopic (exact) mass is 271 g/mol. The molecule has 4 nitrogen and oxygen atoms in total. The van der Waals surface area contributed by atoms with Gasteiger partial charge in [0.05, 0.1) is 12.1 Å². The number of nitrogens with one attached hydrogen (secondary N) is 1. The van der Waals surface area contributed by atoms with Gasteiger partial charge in [-0.3, -0.25) is 0 Å². The van der Waals surface area contributed by atoms with Gasteiger partial charge in [0.2, 0.25) is 0 Å². The number of rotatable bonds is 9. The zero-order chi connectivity index (χ0) is 13.4. The Morgan fingerprint density at radius 2 is 2.11 bits per heavy atom. The van der Waals surface area contributed by atoms with Crippen molar-refractivity contribution in [2.45, 2.75) is 39.3 Å². The quantitative estimate of drug-likeness (QED) is 0.720. The summed E-state index contributed by atoms with van der Waals surface area (Å²) in [7, 11) is 0. The molecule has 2 N–H and O–H groups in total. The molecule has 1 aromatic rings. The van der Waals surface area contributed by atoms with Gasteiger partial charge in [0.15, 0.2) is 0 Å². The molecule has 1 rings (SSSR count).